The summed E-state index contributed by atoms with van der Waals surface area (Å²) in [5.74, 6) is -0.164. The number of nitrogens with zero attached hydrogens (tertiary/aromatic N) is 3. The van der Waals surface area contributed by atoms with E-state index >= 15 is 0 Å². The summed E-state index contributed by atoms with van der Waals surface area (Å²) in [5, 5.41) is 8.52. The van der Waals surface area contributed by atoms with Crippen LogP contribution < -0.4 is 0 Å². The highest BCUT2D eigenvalue weighted by atomic mass is 79.9. The molecule has 6 heteroatoms. The van der Waals surface area contributed by atoms with Gasteiger partial charge in [-0.05, 0) is 31.4 Å². The van der Waals surface area contributed by atoms with Crippen molar-refractivity contribution in [3.63, 3.8) is 0 Å². The number of alkyl halides is 1. The summed E-state index contributed by atoms with van der Waals surface area (Å²) in [6, 6.07) is 2.96. The van der Waals surface area contributed by atoms with Gasteiger partial charge in [-0.1, -0.05) is 22.0 Å². The van der Waals surface area contributed by atoms with Crippen molar-refractivity contribution in [1.29, 1.82) is 0 Å². The Morgan fingerprint density at radius 2 is 2.05 bits per heavy atom. The number of hydrogen-bond acceptors (Lipinski definition) is 2. The first-order valence-corrected chi connectivity index (χ1v) is 7.20. The predicted octanol–water partition coefficient (Wildman–Crippen LogP) is 3.76. The first-order valence-electron chi connectivity index (χ1n) is 6.08. The monoisotopic (exact) mass is 327 g/mol. The average molecular weight is 328 g/mol. The molecule has 0 atom stereocenters. The molecule has 0 spiro atoms. The fraction of sp³-hybridized carbons (Fsp3) is 0.385. The Morgan fingerprint density at radius 1 is 1.32 bits per heavy atom. The lowest BCUT2D eigenvalue weighted by Gasteiger charge is -2.10. The van der Waals surface area contributed by atoms with Gasteiger partial charge in [0.1, 0.15) is 17.5 Å². The zero-order valence-corrected chi connectivity index (χ0v) is 11.9. The van der Waals surface area contributed by atoms with Gasteiger partial charge in [0.25, 0.3) is 0 Å². The van der Waals surface area contributed by atoms with Crippen LogP contribution in [-0.4, -0.2) is 14.8 Å². The van der Waals surface area contributed by atoms with Crippen LogP contribution in [0.1, 0.15) is 30.3 Å². The molecule has 1 fully saturated rings. The van der Waals surface area contributed by atoms with Crippen molar-refractivity contribution >= 4 is 15.9 Å². The quantitative estimate of drug-likeness (QED) is 0.803. The topological polar surface area (TPSA) is 30.7 Å². The van der Waals surface area contributed by atoms with Gasteiger partial charge in [-0.15, -0.1) is 10.2 Å². The molecular formula is C13H12BrF2N3. The molecule has 3 rings (SSSR count). The maximum Gasteiger partial charge on any atom is 0.170 e. The SMILES string of the molecule is Cc1ccc(F)c(-c2nnc(CBr)n2C2CC2)c1F. The van der Waals surface area contributed by atoms with Crippen LogP contribution in [0.5, 0.6) is 0 Å². The maximum atomic E-state index is 14.2. The van der Waals surface area contributed by atoms with Crippen LogP contribution in [0.4, 0.5) is 8.78 Å². The summed E-state index contributed by atoms with van der Waals surface area (Å²) in [6.07, 6.45) is 2.00. The van der Waals surface area contributed by atoms with Gasteiger partial charge in [-0.2, -0.15) is 0 Å². The number of halogens is 3. The van der Waals surface area contributed by atoms with Crippen LogP contribution in [0.15, 0.2) is 12.1 Å². The molecule has 0 unspecified atom stereocenters. The van der Waals surface area contributed by atoms with E-state index in [1.54, 1.807) is 6.92 Å². The highest BCUT2D eigenvalue weighted by Crippen LogP contribution is 2.40. The van der Waals surface area contributed by atoms with Crippen LogP contribution in [0.3, 0.4) is 0 Å². The van der Waals surface area contributed by atoms with E-state index in [0.717, 1.165) is 12.8 Å². The third-order valence-corrected chi connectivity index (χ3v) is 3.81. The summed E-state index contributed by atoms with van der Waals surface area (Å²) in [4.78, 5) is 0. The van der Waals surface area contributed by atoms with E-state index in [9.17, 15) is 8.78 Å². The van der Waals surface area contributed by atoms with Crippen LogP contribution >= 0.6 is 15.9 Å². The second kappa shape index (κ2) is 4.67. The Bertz CT molecular complexity index is 635. The molecule has 0 N–H and O–H groups in total. The molecule has 0 radical (unpaired) electrons. The fourth-order valence-electron chi connectivity index (χ4n) is 2.16. The zero-order valence-electron chi connectivity index (χ0n) is 10.3. The molecule has 1 aliphatic rings. The van der Waals surface area contributed by atoms with Gasteiger partial charge in [0.2, 0.25) is 0 Å². The smallest absolute Gasteiger partial charge is 0.170 e. The molecule has 3 nitrogen and oxygen atoms in total. The number of hydrogen-bond donors (Lipinski definition) is 0. The van der Waals surface area contributed by atoms with Crippen molar-refractivity contribution in [3.8, 4) is 11.4 Å². The van der Waals surface area contributed by atoms with Crippen LogP contribution in [0.25, 0.3) is 11.4 Å². The zero-order chi connectivity index (χ0) is 13.6. The minimum atomic E-state index is -0.599. The van der Waals surface area contributed by atoms with Crippen molar-refractivity contribution < 1.29 is 8.78 Å². The van der Waals surface area contributed by atoms with Crippen LogP contribution in [0, 0.1) is 18.6 Å². The van der Waals surface area contributed by atoms with Gasteiger partial charge < -0.3 is 4.57 Å². The summed E-state index contributed by atoms with van der Waals surface area (Å²) in [6.45, 7) is 1.61. The molecule has 1 aromatic carbocycles. The lowest BCUT2D eigenvalue weighted by Crippen LogP contribution is -2.05. The summed E-state index contributed by atoms with van der Waals surface area (Å²) >= 11 is 3.33. The number of aryl methyl sites for hydroxylation is 1. The van der Waals surface area contributed by atoms with Gasteiger partial charge in [0.05, 0.1) is 10.9 Å². The van der Waals surface area contributed by atoms with Crippen molar-refractivity contribution in [2.75, 3.05) is 0 Å². The van der Waals surface area contributed by atoms with Gasteiger partial charge in [0, 0.05) is 6.04 Å². The largest absolute Gasteiger partial charge is 0.307 e. The van der Waals surface area contributed by atoms with Crippen molar-refractivity contribution in [3.05, 3.63) is 35.2 Å². The third kappa shape index (κ3) is 2.08. The van der Waals surface area contributed by atoms with E-state index in [-0.39, 0.29) is 17.4 Å². The van der Waals surface area contributed by atoms with Crippen LogP contribution in [0.2, 0.25) is 0 Å². The Hall–Kier alpha value is -1.30. The van der Waals surface area contributed by atoms with E-state index in [0.29, 0.717) is 16.7 Å². The predicted molar refractivity (Wildman–Crippen MR) is 71.0 cm³/mol. The molecule has 0 amide bonds. The highest BCUT2D eigenvalue weighted by molar-refractivity contribution is 9.08. The van der Waals surface area contributed by atoms with Gasteiger partial charge in [0.15, 0.2) is 5.82 Å². The Morgan fingerprint density at radius 3 is 2.68 bits per heavy atom. The first-order chi connectivity index (χ1) is 9.13. The van der Waals surface area contributed by atoms with Crippen LogP contribution in [-0.2, 0) is 5.33 Å². The summed E-state index contributed by atoms with van der Waals surface area (Å²) in [5.41, 5.74) is 0.328. The number of aromatic nitrogens is 3. The van der Waals surface area contributed by atoms with E-state index in [2.05, 4.69) is 26.1 Å². The minimum absolute atomic E-state index is 0.0772. The van der Waals surface area contributed by atoms with Crippen molar-refractivity contribution in [1.82, 2.24) is 14.8 Å². The molecule has 1 heterocycles. The fourth-order valence-corrected chi connectivity index (χ4v) is 2.55. The molecule has 1 aromatic heterocycles. The second-order valence-corrected chi connectivity index (χ2v) is 5.29. The van der Waals surface area contributed by atoms with E-state index in [1.807, 2.05) is 4.57 Å². The minimum Gasteiger partial charge on any atom is -0.307 e. The molecular weight excluding hydrogens is 316 g/mol. The first kappa shape index (κ1) is 12.7. The molecule has 100 valence electrons. The Kier molecular flexibility index (Phi) is 3.12. The Labute approximate surface area is 117 Å². The van der Waals surface area contributed by atoms with E-state index < -0.39 is 11.6 Å². The normalized spacial score (nSPS) is 14.9. The maximum absolute atomic E-state index is 14.2. The molecule has 0 aliphatic heterocycles. The van der Waals surface area contributed by atoms with E-state index in [4.69, 9.17) is 0 Å². The Balaban J connectivity index is 2.22. The number of benzene rings is 1. The molecule has 2 aromatic rings. The second-order valence-electron chi connectivity index (χ2n) is 4.73. The molecule has 1 saturated carbocycles. The van der Waals surface area contributed by atoms with Crippen molar-refractivity contribution in [2.24, 2.45) is 0 Å². The summed E-state index contributed by atoms with van der Waals surface area (Å²) in [7, 11) is 0. The van der Waals surface area contributed by atoms with E-state index in [1.165, 1.54) is 12.1 Å². The molecule has 19 heavy (non-hydrogen) atoms. The lowest BCUT2D eigenvalue weighted by atomic mass is 10.1. The average Bonchev–Trinajstić information content (AvgIpc) is 3.15. The van der Waals surface area contributed by atoms with Crippen molar-refractivity contribution in [2.45, 2.75) is 31.1 Å². The molecule has 0 saturated heterocycles. The van der Waals surface area contributed by atoms with Gasteiger partial charge >= 0.3 is 0 Å². The summed E-state index contributed by atoms with van der Waals surface area (Å²) < 4.78 is 30.0. The lowest BCUT2D eigenvalue weighted by molar-refractivity contribution is 0.577. The third-order valence-electron chi connectivity index (χ3n) is 3.31. The standard InChI is InChI=1S/C13H12BrF2N3/c1-7-2-5-9(15)11(12(7)16)13-18-17-10(6-14)19(13)8-3-4-8/h2,5,8H,3-4,6H2,1H3. The highest BCUT2D eigenvalue weighted by Gasteiger charge is 2.31. The number of rotatable bonds is 3. The molecule has 1 aliphatic carbocycles. The van der Waals surface area contributed by atoms with Gasteiger partial charge in [-0.25, -0.2) is 8.78 Å². The molecule has 0 bridgehead atoms. The van der Waals surface area contributed by atoms with Gasteiger partial charge in [-0.3, -0.25) is 0 Å².